The molecule has 19 heavy (non-hydrogen) atoms. The van der Waals surface area contributed by atoms with Crippen molar-refractivity contribution in [2.45, 2.75) is 44.8 Å². The van der Waals surface area contributed by atoms with Crippen molar-refractivity contribution in [2.24, 2.45) is 0 Å². The zero-order valence-corrected chi connectivity index (χ0v) is 11.9. The van der Waals surface area contributed by atoms with E-state index in [0.29, 0.717) is 19.3 Å². The van der Waals surface area contributed by atoms with Crippen molar-refractivity contribution in [1.29, 1.82) is 0 Å². The van der Waals surface area contributed by atoms with E-state index in [9.17, 15) is 4.79 Å². The molecule has 0 bridgehead atoms. The van der Waals surface area contributed by atoms with Crippen LogP contribution in [0.2, 0.25) is 0 Å². The number of nitrogens with one attached hydrogen (secondary N) is 1. The van der Waals surface area contributed by atoms with E-state index < -0.39 is 0 Å². The van der Waals surface area contributed by atoms with E-state index in [-0.39, 0.29) is 11.9 Å². The summed E-state index contributed by atoms with van der Waals surface area (Å²) in [5.41, 5.74) is 0. The average molecular weight is 270 g/mol. The van der Waals surface area contributed by atoms with Crippen LogP contribution in [0, 0.1) is 0 Å². The fourth-order valence-corrected chi connectivity index (χ4v) is 2.78. The molecule has 0 aromatic carbocycles. The normalized spacial score (nSPS) is 24.9. The van der Waals surface area contributed by atoms with Crippen LogP contribution in [0.5, 0.6) is 0 Å². The minimum atomic E-state index is 0.0652. The van der Waals surface area contributed by atoms with Gasteiger partial charge in [-0.2, -0.15) is 0 Å². The van der Waals surface area contributed by atoms with Gasteiger partial charge in [0.05, 0.1) is 25.4 Å². The number of piperidine rings is 1. The molecule has 2 fully saturated rings. The topological polar surface area (TPSA) is 50.8 Å². The molecule has 0 aromatic heterocycles. The summed E-state index contributed by atoms with van der Waals surface area (Å²) < 4.78 is 11.0. The first-order valence-corrected chi connectivity index (χ1v) is 7.52. The number of likely N-dealkylation sites (tertiary alicyclic amines) is 1. The summed E-state index contributed by atoms with van der Waals surface area (Å²) in [6.45, 7) is 6.70. The van der Waals surface area contributed by atoms with E-state index in [2.05, 4.69) is 5.32 Å². The van der Waals surface area contributed by atoms with E-state index in [1.54, 1.807) is 0 Å². The molecule has 2 heterocycles. The molecule has 2 rings (SSSR count). The molecule has 2 aliphatic rings. The first-order chi connectivity index (χ1) is 9.31. The van der Waals surface area contributed by atoms with Gasteiger partial charge in [-0.3, -0.25) is 4.79 Å². The van der Waals surface area contributed by atoms with Crippen molar-refractivity contribution in [3.8, 4) is 0 Å². The predicted octanol–water partition coefficient (Wildman–Crippen LogP) is 0.783. The summed E-state index contributed by atoms with van der Waals surface area (Å²) in [5.74, 6) is 0.283. The maximum atomic E-state index is 12.2. The molecule has 1 atom stereocenters. The highest BCUT2D eigenvalue weighted by molar-refractivity contribution is 5.82. The molecule has 0 aromatic rings. The largest absolute Gasteiger partial charge is 0.379 e. The zero-order valence-electron chi connectivity index (χ0n) is 11.9. The Kier molecular flexibility index (Phi) is 6.07. The van der Waals surface area contributed by atoms with Gasteiger partial charge in [0.1, 0.15) is 0 Å². The van der Waals surface area contributed by atoms with E-state index in [0.717, 1.165) is 51.9 Å². The minimum absolute atomic E-state index is 0.0652. The molecule has 2 saturated heterocycles. The summed E-state index contributed by atoms with van der Waals surface area (Å²) >= 11 is 0. The van der Waals surface area contributed by atoms with Gasteiger partial charge in [-0.25, -0.2) is 0 Å². The van der Waals surface area contributed by atoms with E-state index >= 15 is 0 Å². The van der Waals surface area contributed by atoms with Crippen molar-refractivity contribution in [3.05, 3.63) is 0 Å². The monoisotopic (exact) mass is 270 g/mol. The third kappa shape index (κ3) is 4.44. The van der Waals surface area contributed by atoms with Crippen LogP contribution < -0.4 is 5.32 Å². The second-order valence-corrected chi connectivity index (χ2v) is 5.24. The van der Waals surface area contributed by atoms with E-state index in [1.807, 2.05) is 11.8 Å². The average Bonchev–Trinajstić information content (AvgIpc) is 2.98. The van der Waals surface area contributed by atoms with Crippen LogP contribution in [0.25, 0.3) is 0 Å². The molecule has 110 valence electrons. The van der Waals surface area contributed by atoms with Crippen molar-refractivity contribution >= 4 is 5.91 Å². The van der Waals surface area contributed by atoms with Gasteiger partial charge in [0.25, 0.3) is 0 Å². The molecule has 5 nitrogen and oxygen atoms in total. The maximum absolute atomic E-state index is 12.2. The Hall–Kier alpha value is -0.650. The lowest BCUT2D eigenvalue weighted by Gasteiger charge is -2.33. The molecule has 5 heteroatoms. The summed E-state index contributed by atoms with van der Waals surface area (Å²) in [4.78, 5) is 14.2. The lowest BCUT2D eigenvalue weighted by atomic mass is 10.1. The number of hydrogen-bond acceptors (Lipinski definition) is 4. The van der Waals surface area contributed by atoms with Gasteiger partial charge in [0, 0.05) is 19.7 Å². The molecule has 0 saturated carbocycles. The SMILES string of the molecule is CCOCCOC1CCN(C(=O)[C@H]2CCCN2)CC1. The third-order valence-corrected chi connectivity index (χ3v) is 3.90. The number of nitrogens with zero attached hydrogens (tertiary/aromatic N) is 1. The number of carbonyl (C=O) groups is 1. The Balaban J connectivity index is 1.63. The number of amides is 1. The Morgan fingerprint density at radius 2 is 2.05 bits per heavy atom. The molecule has 1 N–H and O–H groups in total. The smallest absolute Gasteiger partial charge is 0.239 e. The van der Waals surface area contributed by atoms with Gasteiger partial charge < -0.3 is 19.7 Å². The maximum Gasteiger partial charge on any atom is 0.239 e. The number of hydrogen-bond donors (Lipinski definition) is 1. The van der Waals surface area contributed by atoms with Crippen LogP contribution in [0.1, 0.15) is 32.6 Å². The summed E-state index contributed by atoms with van der Waals surface area (Å²) in [6, 6.07) is 0.0652. The Morgan fingerprint density at radius 1 is 1.26 bits per heavy atom. The van der Waals surface area contributed by atoms with Crippen LogP contribution in [0.15, 0.2) is 0 Å². The fourth-order valence-electron chi connectivity index (χ4n) is 2.78. The van der Waals surface area contributed by atoms with Gasteiger partial charge in [0.2, 0.25) is 5.91 Å². The van der Waals surface area contributed by atoms with Crippen molar-refractivity contribution in [3.63, 3.8) is 0 Å². The van der Waals surface area contributed by atoms with Crippen LogP contribution in [0.3, 0.4) is 0 Å². The first kappa shape index (κ1) is 14.8. The molecular weight excluding hydrogens is 244 g/mol. The summed E-state index contributed by atoms with van der Waals surface area (Å²) in [6.07, 6.45) is 4.30. The van der Waals surface area contributed by atoms with Gasteiger partial charge in [0.15, 0.2) is 0 Å². The van der Waals surface area contributed by atoms with Gasteiger partial charge in [-0.15, -0.1) is 0 Å². The Labute approximate surface area is 115 Å². The predicted molar refractivity (Wildman–Crippen MR) is 73.1 cm³/mol. The highest BCUT2D eigenvalue weighted by Crippen LogP contribution is 2.16. The van der Waals surface area contributed by atoms with Crippen molar-refractivity contribution < 1.29 is 14.3 Å². The molecule has 1 amide bonds. The Bertz CT molecular complexity index is 272. The second kappa shape index (κ2) is 7.82. The van der Waals surface area contributed by atoms with Crippen LogP contribution >= 0.6 is 0 Å². The summed E-state index contributed by atoms with van der Waals surface area (Å²) in [7, 11) is 0. The molecule has 2 aliphatic heterocycles. The number of ether oxygens (including phenoxy) is 2. The lowest BCUT2D eigenvalue weighted by Crippen LogP contribution is -2.48. The van der Waals surface area contributed by atoms with Gasteiger partial charge in [-0.05, 0) is 39.2 Å². The second-order valence-electron chi connectivity index (χ2n) is 5.24. The molecule has 0 radical (unpaired) electrons. The minimum Gasteiger partial charge on any atom is -0.379 e. The fraction of sp³-hybridized carbons (Fsp3) is 0.929. The first-order valence-electron chi connectivity index (χ1n) is 7.52. The zero-order chi connectivity index (χ0) is 13.5. The molecule has 0 aliphatic carbocycles. The number of rotatable bonds is 6. The van der Waals surface area contributed by atoms with Crippen LogP contribution in [-0.4, -0.2) is 62.4 Å². The summed E-state index contributed by atoms with van der Waals surface area (Å²) in [5, 5.41) is 3.27. The quantitative estimate of drug-likeness (QED) is 0.725. The van der Waals surface area contributed by atoms with Crippen LogP contribution in [0.4, 0.5) is 0 Å². The van der Waals surface area contributed by atoms with Gasteiger partial charge >= 0.3 is 0 Å². The highest BCUT2D eigenvalue weighted by Gasteiger charge is 2.29. The number of carbonyl (C=O) groups excluding carboxylic acids is 1. The molecule has 0 unspecified atom stereocenters. The lowest BCUT2D eigenvalue weighted by molar-refractivity contribution is -0.135. The van der Waals surface area contributed by atoms with E-state index in [4.69, 9.17) is 9.47 Å². The highest BCUT2D eigenvalue weighted by atomic mass is 16.5. The van der Waals surface area contributed by atoms with Crippen LogP contribution in [-0.2, 0) is 14.3 Å². The Morgan fingerprint density at radius 3 is 2.68 bits per heavy atom. The van der Waals surface area contributed by atoms with Gasteiger partial charge in [-0.1, -0.05) is 0 Å². The standard InChI is InChI=1S/C14H26N2O3/c1-2-18-10-11-19-12-5-8-16(9-6-12)14(17)13-4-3-7-15-13/h12-13,15H,2-11H2,1H3/t13-/m1/s1. The van der Waals surface area contributed by atoms with Crippen molar-refractivity contribution in [2.75, 3.05) is 39.5 Å². The van der Waals surface area contributed by atoms with E-state index in [1.165, 1.54) is 0 Å². The van der Waals surface area contributed by atoms with Crippen molar-refractivity contribution in [1.82, 2.24) is 10.2 Å². The molecular formula is C14H26N2O3. The third-order valence-electron chi connectivity index (χ3n) is 3.90. The molecule has 0 spiro atoms.